The monoisotopic (exact) mass is 275 g/mol. The summed E-state index contributed by atoms with van der Waals surface area (Å²) in [5.74, 6) is 0. The van der Waals surface area contributed by atoms with Crippen LogP contribution in [0.15, 0.2) is 34.2 Å². The molecule has 1 heterocycles. The van der Waals surface area contributed by atoms with Crippen LogP contribution in [0.2, 0.25) is 5.02 Å². The Kier molecular flexibility index (Phi) is 3.85. The van der Waals surface area contributed by atoms with Gasteiger partial charge in [-0.2, -0.15) is 10.4 Å². The molecule has 0 radical (unpaired) electrons. The van der Waals surface area contributed by atoms with Crippen LogP contribution in [-0.2, 0) is 0 Å². The molecular formula is C13H10ClN3S. The maximum atomic E-state index is 9.20. The fourth-order valence-corrected chi connectivity index (χ4v) is 2.63. The van der Waals surface area contributed by atoms with Crippen molar-refractivity contribution in [1.82, 2.24) is 10.2 Å². The number of nitriles is 1. The largest absolute Gasteiger partial charge is 0.192 e. The second-order valence-electron chi connectivity index (χ2n) is 3.76. The lowest BCUT2D eigenvalue weighted by Crippen LogP contribution is -1.98. The first-order valence-electron chi connectivity index (χ1n) is 5.29. The molecule has 0 saturated heterocycles. The van der Waals surface area contributed by atoms with Crippen LogP contribution < -0.4 is 0 Å². The number of nitrogens with zero attached hydrogens (tertiary/aromatic N) is 3. The summed E-state index contributed by atoms with van der Waals surface area (Å²) in [5, 5.41) is 18.6. The maximum Gasteiger partial charge on any atom is 0.142 e. The average molecular weight is 276 g/mol. The van der Waals surface area contributed by atoms with Crippen LogP contribution in [0.1, 0.15) is 16.8 Å². The smallest absolute Gasteiger partial charge is 0.142 e. The Morgan fingerprint density at radius 2 is 2.06 bits per heavy atom. The van der Waals surface area contributed by atoms with E-state index in [0.717, 1.165) is 16.2 Å². The molecule has 2 aromatic rings. The van der Waals surface area contributed by atoms with Gasteiger partial charge in [0.05, 0.1) is 11.3 Å². The summed E-state index contributed by atoms with van der Waals surface area (Å²) in [4.78, 5) is 0.941. The van der Waals surface area contributed by atoms with Crippen molar-refractivity contribution in [3.8, 4) is 6.07 Å². The van der Waals surface area contributed by atoms with Gasteiger partial charge in [0.2, 0.25) is 0 Å². The van der Waals surface area contributed by atoms with E-state index in [1.54, 1.807) is 0 Å². The lowest BCUT2D eigenvalue weighted by Gasteiger charge is -2.06. The zero-order valence-electron chi connectivity index (χ0n) is 9.94. The third kappa shape index (κ3) is 2.63. The molecule has 5 heteroatoms. The van der Waals surface area contributed by atoms with E-state index < -0.39 is 0 Å². The number of rotatable bonds is 2. The minimum Gasteiger partial charge on any atom is -0.192 e. The Morgan fingerprint density at radius 3 is 2.72 bits per heavy atom. The highest BCUT2D eigenvalue weighted by atomic mass is 35.5. The normalized spacial score (nSPS) is 10.1. The molecule has 1 aromatic heterocycles. The van der Waals surface area contributed by atoms with Gasteiger partial charge in [-0.15, -0.1) is 5.10 Å². The molecule has 18 heavy (non-hydrogen) atoms. The van der Waals surface area contributed by atoms with Crippen LogP contribution in [0.3, 0.4) is 0 Å². The van der Waals surface area contributed by atoms with Gasteiger partial charge >= 0.3 is 0 Å². The van der Waals surface area contributed by atoms with Crippen molar-refractivity contribution >= 4 is 23.4 Å². The van der Waals surface area contributed by atoms with Crippen molar-refractivity contribution < 1.29 is 0 Å². The Morgan fingerprint density at radius 1 is 1.28 bits per heavy atom. The molecule has 0 aliphatic carbocycles. The first-order valence-corrected chi connectivity index (χ1v) is 6.48. The Hall–Kier alpha value is -1.57. The topological polar surface area (TPSA) is 49.6 Å². The van der Waals surface area contributed by atoms with Gasteiger partial charge in [-0.25, -0.2) is 0 Å². The first kappa shape index (κ1) is 12.9. The van der Waals surface area contributed by atoms with Gasteiger partial charge in [0.1, 0.15) is 11.1 Å². The summed E-state index contributed by atoms with van der Waals surface area (Å²) >= 11 is 7.32. The van der Waals surface area contributed by atoms with Crippen LogP contribution in [0.25, 0.3) is 0 Å². The van der Waals surface area contributed by atoms with E-state index in [2.05, 4.69) is 16.3 Å². The lowest BCUT2D eigenvalue weighted by atomic mass is 10.1. The molecule has 0 unspecified atom stereocenters. The van der Waals surface area contributed by atoms with Crippen LogP contribution in [0.5, 0.6) is 0 Å². The summed E-state index contributed by atoms with van der Waals surface area (Å²) in [5.41, 5.74) is 2.23. The van der Waals surface area contributed by atoms with E-state index in [4.69, 9.17) is 11.6 Å². The van der Waals surface area contributed by atoms with E-state index in [9.17, 15) is 5.26 Å². The number of halogens is 1. The zero-order chi connectivity index (χ0) is 13.1. The molecule has 2 rings (SSSR count). The Labute approximate surface area is 115 Å². The lowest BCUT2D eigenvalue weighted by molar-refractivity contribution is 0.871. The number of aryl methyl sites for hydroxylation is 1. The molecule has 0 N–H and O–H groups in total. The predicted octanol–water partition coefficient (Wildman–Crippen LogP) is 3.77. The zero-order valence-corrected chi connectivity index (χ0v) is 11.5. The quantitative estimate of drug-likeness (QED) is 0.837. The van der Waals surface area contributed by atoms with Crippen LogP contribution in [0, 0.1) is 25.2 Å². The van der Waals surface area contributed by atoms with Gasteiger partial charge < -0.3 is 0 Å². The molecule has 0 aliphatic heterocycles. The third-order valence-electron chi connectivity index (χ3n) is 2.54. The van der Waals surface area contributed by atoms with Gasteiger partial charge in [0.25, 0.3) is 0 Å². The molecule has 0 fully saturated rings. The molecule has 3 nitrogen and oxygen atoms in total. The van der Waals surface area contributed by atoms with E-state index in [1.807, 2.05) is 38.1 Å². The van der Waals surface area contributed by atoms with Crippen LogP contribution in [0.4, 0.5) is 0 Å². The van der Waals surface area contributed by atoms with E-state index in [1.165, 1.54) is 11.8 Å². The third-order valence-corrected chi connectivity index (χ3v) is 3.75. The summed E-state index contributed by atoms with van der Waals surface area (Å²) in [6, 6.07) is 9.62. The van der Waals surface area contributed by atoms with Crippen molar-refractivity contribution in [2.75, 3.05) is 0 Å². The second-order valence-corrected chi connectivity index (χ2v) is 5.26. The molecule has 0 amide bonds. The summed E-state index contributed by atoms with van der Waals surface area (Å²) in [6.45, 7) is 3.72. The van der Waals surface area contributed by atoms with Crippen molar-refractivity contribution in [2.24, 2.45) is 0 Å². The summed E-state index contributed by atoms with van der Waals surface area (Å²) in [7, 11) is 0. The van der Waals surface area contributed by atoms with Crippen molar-refractivity contribution in [3.63, 3.8) is 0 Å². The Balaban J connectivity index is 2.42. The van der Waals surface area contributed by atoms with Gasteiger partial charge in [0.15, 0.2) is 0 Å². The molecular weight excluding hydrogens is 266 g/mol. The summed E-state index contributed by atoms with van der Waals surface area (Å²) in [6.07, 6.45) is 0. The molecule has 0 atom stereocenters. The average Bonchev–Trinajstić information content (AvgIpc) is 2.34. The molecule has 0 aliphatic rings. The maximum absolute atomic E-state index is 9.20. The fraction of sp³-hybridized carbons (Fsp3) is 0.154. The van der Waals surface area contributed by atoms with Gasteiger partial charge in [-0.05, 0) is 37.6 Å². The van der Waals surface area contributed by atoms with E-state index in [0.29, 0.717) is 15.6 Å². The molecule has 90 valence electrons. The van der Waals surface area contributed by atoms with Crippen LogP contribution >= 0.6 is 23.4 Å². The Bertz CT molecular complexity index is 635. The molecule has 0 spiro atoms. The van der Waals surface area contributed by atoms with E-state index >= 15 is 0 Å². The summed E-state index contributed by atoms with van der Waals surface area (Å²) < 4.78 is 0. The van der Waals surface area contributed by atoms with Crippen molar-refractivity contribution in [3.05, 3.63) is 46.1 Å². The van der Waals surface area contributed by atoms with Crippen LogP contribution in [-0.4, -0.2) is 10.2 Å². The number of hydrogen-bond acceptors (Lipinski definition) is 4. The highest BCUT2D eigenvalue weighted by Gasteiger charge is 2.12. The highest BCUT2D eigenvalue weighted by molar-refractivity contribution is 7.99. The van der Waals surface area contributed by atoms with E-state index in [-0.39, 0.29) is 0 Å². The molecule has 0 bridgehead atoms. The SMILES string of the molecule is Cc1nnc(Sc2cccc(Cl)c2)c(C#N)c1C. The number of aromatic nitrogens is 2. The molecule has 0 saturated carbocycles. The fourth-order valence-electron chi connectivity index (χ4n) is 1.43. The number of benzene rings is 1. The van der Waals surface area contributed by atoms with Gasteiger partial charge in [0, 0.05) is 9.92 Å². The minimum atomic E-state index is 0.576. The predicted molar refractivity (Wildman–Crippen MR) is 71.8 cm³/mol. The minimum absolute atomic E-state index is 0.576. The number of hydrogen-bond donors (Lipinski definition) is 0. The van der Waals surface area contributed by atoms with Gasteiger partial charge in [-0.3, -0.25) is 0 Å². The van der Waals surface area contributed by atoms with Gasteiger partial charge in [-0.1, -0.05) is 29.4 Å². The van der Waals surface area contributed by atoms with Crippen molar-refractivity contribution in [1.29, 1.82) is 5.26 Å². The standard InChI is InChI=1S/C13H10ClN3S/c1-8-9(2)16-17-13(12(8)7-15)18-11-5-3-4-10(14)6-11/h3-6H,1-2H3. The molecule has 1 aromatic carbocycles. The second kappa shape index (κ2) is 5.38. The highest BCUT2D eigenvalue weighted by Crippen LogP contribution is 2.31. The van der Waals surface area contributed by atoms with Crippen molar-refractivity contribution in [2.45, 2.75) is 23.8 Å². The first-order chi connectivity index (χ1) is 8.61.